The van der Waals surface area contributed by atoms with Gasteiger partial charge in [0.1, 0.15) is 28.8 Å². The fourth-order valence-electron chi connectivity index (χ4n) is 5.55. The molecule has 2 heterocycles. The van der Waals surface area contributed by atoms with Crippen LogP contribution in [0.4, 0.5) is 0 Å². The molecule has 1 saturated heterocycles. The summed E-state index contributed by atoms with van der Waals surface area (Å²) in [6.45, 7) is 9.64. The molecule has 1 aliphatic heterocycles. The highest BCUT2D eigenvalue weighted by atomic mass is 16.6. The molecule has 6 heteroatoms. The third-order valence-corrected chi connectivity index (χ3v) is 7.46. The van der Waals surface area contributed by atoms with Crippen molar-refractivity contribution in [1.29, 1.82) is 0 Å². The molecule has 4 aromatic rings. The van der Waals surface area contributed by atoms with E-state index in [1.54, 1.807) is 11.0 Å². The lowest BCUT2D eigenvalue weighted by Crippen LogP contribution is -2.50. The summed E-state index contributed by atoms with van der Waals surface area (Å²) in [5, 5.41) is 0. The van der Waals surface area contributed by atoms with Gasteiger partial charge in [0.2, 0.25) is 5.91 Å². The summed E-state index contributed by atoms with van der Waals surface area (Å²) in [7, 11) is 0. The summed E-state index contributed by atoms with van der Waals surface area (Å²) in [6.07, 6.45) is 0.507. The highest BCUT2D eigenvalue weighted by molar-refractivity contribution is 5.89. The molecule has 0 N–H and O–H groups in total. The van der Waals surface area contributed by atoms with Crippen LogP contribution in [0.5, 0.6) is 0 Å². The normalized spacial score (nSPS) is 17.2. The maximum Gasteiger partial charge on any atom is 0.307 e. The average Bonchev–Trinajstić information content (AvgIpc) is 3.56. The van der Waals surface area contributed by atoms with E-state index in [1.807, 2.05) is 101 Å². The number of hydrogen-bond acceptors (Lipinski definition) is 5. The molecule has 1 aromatic heterocycles. The Balaban J connectivity index is 1.44. The fourth-order valence-corrected chi connectivity index (χ4v) is 5.55. The fraction of sp³-hybridized carbons (Fsp3) is 0.333. The Hall–Kier alpha value is -4.16. The number of furan rings is 1. The molecule has 1 fully saturated rings. The first-order valence-electron chi connectivity index (χ1n) is 14.5. The molecule has 0 saturated carbocycles. The van der Waals surface area contributed by atoms with Gasteiger partial charge in [0.05, 0.1) is 19.1 Å². The highest BCUT2D eigenvalue weighted by Gasteiger charge is 2.47. The van der Waals surface area contributed by atoms with Crippen LogP contribution in [0.1, 0.15) is 58.3 Å². The minimum atomic E-state index is -0.864. The van der Waals surface area contributed by atoms with Crippen LogP contribution in [0.25, 0.3) is 22.5 Å². The Morgan fingerprint density at radius 3 is 2.10 bits per heavy atom. The van der Waals surface area contributed by atoms with Gasteiger partial charge in [-0.3, -0.25) is 9.59 Å². The molecule has 218 valence electrons. The molecule has 0 bridgehead atoms. The van der Waals surface area contributed by atoms with Gasteiger partial charge in [0, 0.05) is 5.56 Å². The number of hydrogen-bond donors (Lipinski definition) is 0. The molecule has 1 aliphatic rings. The van der Waals surface area contributed by atoms with E-state index in [2.05, 4.69) is 24.3 Å². The van der Waals surface area contributed by atoms with Crippen molar-refractivity contribution in [3.05, 3.63) is 108 Å². The van der Waals surface area contributed by atoms with E-state index in [0.29, 0.717) is 24.5 Å². The monoisotopic (exact) mass is 565 g/mol. The number of ether oxygens (including phenoxy) is 2. The minimum absolute atomic E-state index is 0.138. The largest absolute Gasteiger partial charge is 0.460 e. The van der Waals surface area contributed by atoms with E-state index < -0.39 is 23.2 Å². The molecule has 42 heavy (non-hydrogen) atoms. The van der Waals surface area contributed by atoms with Crippen LogP contribution in [0.2, 0.25) is 0 Å². The average molecular weight is 566 g/mol. The van der Waals surface area contributed by atoms with E-state index in [9.17, 15) is 9.59 Å². The maximum atomic E-state index is 14.4. The van der Waals surface area contributed by atoms with E-state index in [-0.39, 0.29) is 18.4 Å². The van der Waals surface area contributed by atoms with Crippen molar-refractivity contribution in [1.82, 2.24) is 4.90 Å². The first-order chi connectivity index (χ1) is 20.0. The lowest BCUT2D eigenvalue weighted by molar-refractivity contribution is -0.160. The Kier molecular flexibility index (Phi) is 8.37. The highest BCUT2D eigenvalue weighted by Crippen LogP contribution is 2.37. The van der Waals surface area contributed by atoms with Gasteiger partial charge in [0.25, 0.3) is 0 Å². The van der Waals surface area contributed by atoms with E-state index >= 15 is 0 Å². The Bertz CT molecular complexity index is 1500. The summed E-state index contributed by atoms with van der Waals surface area (Å²) >= 11 is 0. The van der Waals surface area contributed by atoms with Crippen LogP contribution in [0, 0.1) is 0 Å². The number of rotatable bonds is 8. The number of benzene rings is 3. The van der Waals surface area contributed by atoms with E-state index in [4.69, 9.17) is 13.9 Å². The first kappa shape index (κ1) is 29.3. The van der Waals surface area contributed by atoms with Crippen molar-refractivity contribution in [2.45, 2.75) is 70.7 Å². The molecule has 6 nitrogen and oxygen atoms in total. The van der Waals surface area contributed by atoms with E-state index in [1.165, 1.54) is 0 Å². The molecular weight excluding hydrogens is 526 g/mol. The number of nitrogens with zero attached hydrogens (tertiary/aromatic N) is 1. The van der Waals surface area contributed by atoms with Crippen LogP contribution < -0.4 is 0 Å². The number of carbonyl (C=O) groups excluding carboxylic acids is 2. The smallest absolute Gasteiger partial charge is 0.307 e. The van der Waals surface area contributed by atoms with Gasteiger partial charge in [-0.1, -0.05) is 84.9 Å². The second-order valence-corrected chi connectivity index (χ2v) is 12.3. The lowest BCUT2D eigenvalue weighted by atomic mass is 9.96. The second kappa shape index (κ2) is 12.0. The Morgan fingerprint density at radius 1 is 0.857 bits per heavy atom. The van der Waals surface area contributed by atoms with Crippen molar-refractivity contribution in [3.63, 3.8) is 0 Å². The summed E-state index contributed by atoms with van der Waals surface area (Å²) in [4.78, 5) is 29.3. The summed E-state index contributed by atoms with van der Waals surface area (Å²) in [5.74, 6) is -0.483. The van der Waals surface area contributed by atoms with Gasteiger partial charge >= 0.3 is 5.97 Å². The van der Waals surface area contributed by atoms with Gasteiger partial charge in [-0.2, -0.15) is 0 Å². The molecule has 0 radical (unpaired) electrons. The number of carbonyl (C=O) groups is 2. The van der Waals surface area contributed by atoms with Gasteiger partial charge in [-0.05, 0) is 69.9 Å². The van der Waals surface area contributed by atoms with E-state index in [0.717, 1.165) is 22.3 Å². The second-order valence-electron chi connectivity index (χ2n) is 12.3. The molecular formula is C36H39NO5. The minimum Gasteiger partial charge on any atom is -0.460 e. The number of esters is 1. The molecule has 3 aromatic carbocycles. The third kappa shape index (κ3) is 6.82. The zero-order valence-corrected chi connectivity index (χ0v) is 25.0. The van der Waals surface area contributed by atoms with Crippen molar-refractivity contribution in [2.75, 3.05) is 6.61 Å². The summed E-state index contributed by atoms with van der Waals surface area (Å²) in [5.41, 5.74) is 2.72. The quantitative estimate of drug-likeness (QED) is 0.205. The SMILES string of the molecule is CC(C)(C)OC(=O)CC(C(=O)N1C(Cc2ccccc2)COC1(C)C)c1ccc(-c2ccc(-c3ccccc3)cc2)o1. The topological polar surface area (TPSA) is 69.0 Å². The molecule has 2 unspecified atom stereocenters. The molecule has 1 amide bonds. The molecule has 0 aliphatic carbocycles. The molecule has 2 atom stereocenters. The number of amides is 1. The van der Waals surface area contributed by atoms with Gasteiger partial charge in [0.15, 0.2) is 0 Å². The van der Waals surface area contributed by atoms with Crippen LogP contribution in [-0.2, 0) is 25.5 Å². The lowest BCUT2D eigenvalue weighted by Gasteiger charge is -2.36. The first-order valence-corrected chi connectivity index (χ1v) is 14.5. The third-order valence-electron chi connectivity index (χ3n) is 7.46. The van der Waals surface area contributed by atoms with Crippen molar-refractivity contribution in [2.24, 2.45) is 0 Å². The van der Waals surface area contributed by atoms with Crippen LogP contribution in [0.15, 0.2) is 101 Å². The van der Waals surface area contributed by atoms with Gasteiger partial charge < -0.3 is 18.8 Å². The van der Waals surface area contributed by atoms with Crippen molar-refractivity contribution < 1.29 is 23.5 Å². The van der Waals surface area contributed by atoms with Crippen molar-refractivity contribution >= 4 is 11.9 Å². The maximum absolute atomic E-state index is 14.4. The van der Waals surface area contributed by atoms with Gasteiger partial charge in [-0.15, -0.1) is 0 Å². The van der Waals surface area contributed by atoms with Crippen LogP contribution in [0.3, 0.4) is 0 Å². The van der Waals surface area contributed by atoms with Crippen LogP contribution in [-0.4, -0.2) is 40.8 Å². The summed E-state index contributed by atoms with van der Waals surface area (Å²) < 4.78 is 18.1. The van der Waals surface area contributed by atoms with Gasteiger partial charge in [-0.25, -0.2) is 0 Å². The molecule has 0 spiro atoms. The summed E-state index contributed by atoms with van der Waals surface area (Å²) in [6, 6.07) is 31.8. The zero-order valence-electron chi connectivity index (χ0n) is 25.0. The Labute approximate surface area is 248 Å². The van der Waals surface area contributed by atoms with Crippen molar-refractivity contribution in [3.8, 4) is 22.5 Å². The molecule has 5 rings (SSSR count). The Morgan fingerprint density at radius 2 is 1.45 bits per heavy atom. The zero-order chi connectivity index (χ0) is 29.9. The standard InChI is InChI=1S/C36H39NO5/c1-35(2,3)42-33(38)23-30(34(39)37-29(24-40-36(37,4)5)22-25-12-8-6-9-13-25)32-21-20-31(41-32)28-18-16-27(17-19-28)26-14-10-7-11-15-26/h6-21,29-30H,22-24H2,1-5H3. The predicted molar refractivity (Wildman–Crippen MR) is 164 cm³/mol. The van der Waals surface area contributed by atoms with Crippen LogP contribution >= 0.6 is 0 Å². The predicted octanol–water partition coefficient (Wildman–Crippen LogP) is 7.64.